The maximum atomic E-state index is 5.08. The quantitative estimate of drug-likeness (QED) is 0.813. The molecule has 1 aromatic heterocycles. The minimum atomic E-state index is 0.676. The summed E-state index contributed by atoms with van der Waals surface area (Å²) < 4.78 is 7.11. The van der Waals surface area contributed by atoms with E-state index in [2.05, 4.69) is 28.7 Å². The summed E-state index contributed by atoms with van der Waals surface area (Å²) in [6.45, 7) is 1.47. The van der Waals surface area contributed by atoms with Crippen molar-refractivity contribution in [3.63, 3.8) is 0 Å². The van der Waals surface area contributed by atoms with Gasteiger partial charge in [-0.25, -0.2) is 4.98 Å². The molecule has 96 valence electrons. The van der Waals surface area contributed by atoms with Crippen molar-refractivity contribution in [1.29, 1.82) is 0 Å². The van der Waals surface area contributed by atoms with E-state index in [1.54, 1.807) is 25.1 Å². The van der Waals surface area contributed by atoms with Gasteiger partial charge in [0.05, 0.1) is 6.61 Å². The number of benzene rings is 1. The molecule has 2 aromatic rings. The molecule has 4 nitrogen and oxygen atoms in total. The van der Waals surface area contributed by atoms with Crippen LogP contribution in [0.4, 0.5) is 11.6 Å². The van der Waals surface area contributed by atoms with Gasteiger partial charge in [-0.15, -0.1) is 11.8 Å². The van der Waals surface area contributed by atoms with E-state index in [0.29, 0.717) is 6.61 Å². The van der Waals surface area contributed by atoms with Crippen molar-refractivity contribution in [2.24, 2.45) is 0 Å². The zero-order valence-electron chi connectivity index (χ0n) is 10.6. The van der Waals surface area contributed by atoms with Crippen molar-refractivity contribution >= 4 is 23.4 Å². The average Bonchev–Trinajstić information content (AvgIpc) is 2.84. The molecule has 1 aromatic carbocycles. The fourth-order valence-corrected chi connectivity index (χ4v) is 2.09. The predicted octanol–water partition coefficient (Wildman–Crippen LogP) is 3.00. The van der Waals surface area contributed by atoms with E-state index in [9.17, 15) is 0 Å². The van der Waals surface area contributed by atoms with Gasteiger partial charge in [0.2, 0.25) is 5.95 Å². The SMILES string of the molecule is COCCn1ccnc1Nc1cccc(SC)c1. The standard InChI is InChI=1S/C13H17N3OS/c1-17-9-8-16-7-6-14-13(16)15-11-4-3-5-12(10-11)18-2/h3-7,10H,8-9H2,1-2H3,(H,14,15). The normalized spacial score (nSPS) is 10.6. The van der Waals surface area contributed by atoms with Crippen LogP contribution in [0.15, 0.2) is 41.6 Å². The largest absolute Gasteiger partial charge is 0.383 e. The first-order valence-electron chi connectivity index (χ1n) is 5.74. The summed E-state index contributed by atoms with van der Waals surface area (Å²) >= 11 is 1.73. The number of ether oxygens (including phenoxy) is 1. The molecule has 0 aliphatic carbocycles. The molecule has 0 saturated carbocycles. The highest BCUT2D eigenvalue weighted by Crippen LogP contribution is 2.21. The summed E-state index contributed by atoms with van der Waals surface area (Å²) in [4.78, 5) is 5.54. The number of hydrogen-bond acceptors (Lipinski definition) is 4. The molecule has 0 unspecified atom stereocenters. The summed E-state index contributed by atoms with van der Waals surface area (Å²) in [5, 5.41) is 3.32. The van der Waals surface area contributed by atoms with E-state index in [1.165, 1.54) is 4.90 Å². The molecule has 0 saturated heterocycles. The van der Waals surface area contributed by atoms with Gasteiger partial charge in [-0.05, 0) is 24.5 Å². The van der Waals surface area contributed by atoms with Crippen LogP contribution in [0, 0.1) is 0 Å². The van der Waals surface area contributed by atoms with E-state index in [1.807, 2.05) is 22.9 Å². The second-order valence-corrected chi connectivity index (χ2v) is 4.67. The Morgan fingerprint density at radius 1 is 1.44 bits per heavy atom. The van der Waals surface area contributed by atoms with Crippen molar-refractivity contribution in [3.8, 4) is 0 Å². The first-order valence-corrected chi connectivity index (χ1v) is 6.97. The van der Waals surface area contributed by atoms with Gasteiger partial charge in [-0.2, -0.15) is 0 Å². The maximum Gasteiger partial charge on any atom is 0.207 e. The van der Waals surface area contributed by atoms with E-state index in [0.717, 1.165) is 18.2 Å². The summed E-state index contributed by atoms with van der Waals surface area (Å²) in [5.74, 6) is 0.838. The topological polar surface area (TPSA) is 39.1 Å². The summed E-state index contributed by atoms with van der Waals surface area (Å²) in [7, 11) is 1.70. The molecule has 1 heterocycles. The minimum absolute atomic E-state index is 0.676. The van der Waals surface area contributed by atoms with Crippen molar-refractivity contribution in [2.75, 3.05) is 25.3 Å². The van der Waals surface area contributed by atoms with Gasteiger partial charge >= 0.3 is 0 Å². The Balaban J connectivity index is 2.10. The van der Waals surface area contributed by atoms with Crippen LogP contribution in [0.2, 0.25) is 0 Å². The molecule has 5 heteroatoms. The molecule has 18 heavy (non-hydrogen) atoms. The summed E-state index contributed by atoms with van der Waals surface area (Å²) in [5.41, 5.74) is 1.05. The predicted molar refractivity (Wildman–Crippen MR) is 75.6 cm³/mol. The molecule has 0 aliphatic rings. The Labute approximate surface area is 111 Å². The lowest BCUT2D eigenvalue weighted by Gasteiger charge is -2.10. The van der Waals surface area contributed by atoms with Crippen molar-refractivity contribution in [3.05, 3.63) is 36.7 Å². The number of thioether (sulfide) groups is 1. The van der Waals surface area contributed by atoms with Gasteiger partial charge in [-0.1, -0.05) is 6.07 Å². The second kappa shape index (κ2) is 6.47. The van der Waals surface area contributed by atoms with Gasteiger partial charge in [0, 0.05) is 36.6 Å². The molecule has 2 rings (SSSR count). The Bertz CT molecular complexity index is 498. The third kappa shape index (κ3) is 3.27. The molecule has 0 radical (unpaired) electrons. The number of methoxy groups -OCH3 is 1. The lowest BCUT2D eigenvalue weighted by atomic mass is 10.3. The van der Waals surface area contributed by atoms with Crippen LogP contribution in [-0.2, 0) is 11.3 Å². The fourth-order valence-electron chi connectivity index (χ4n) is 1.63. The monoisotopic (exact) mass is 263 g/mol. The first-order chi connectivity index (χ1) is 8.83. The van der Waals surface area contributed by atoms with Crippen molar-refractivity contribution in [2.45, 2.75) is 11.4 Å². The average molecular weight is 263 g/mol. The van der Waals surface area contributed by atoms with Crippen LogP contribution in [0.25, 0.3) is 0 Å². The molecule has 0 fully saturated rings. The Hall–Kier alpha value is -1.46. The van der Waals surface area contributed by atoms with Crippen LogP contribution in [0.1, 0.15) is 0 Å². The van der Waals surface area contributed by atoms with Crippen LogP contribution in [0.3, 0.4) is 0 Å². The number of anilines is 2. The number of nitrogens with one attached hydrogen (secondary N) is 1. The van der Waals surface area contributed by atoms with E-state index < -0.39 is 0 Å². The number of nitrogens with zero attached hydrogens (tertiary/aromatic N) is 2. The first kappa shape index (κ1) is 13.0. The molecule has 0 aliphatic heterocycles. The third-order valence-corrected chi connectivity index (χ3v) is 3.30. The van der Waals surface area contributed by atoms with Crippen LogP contribution in [0.5, 0.6) is 0 Å². The minimum Gasteiger partial charge on any atom is -0.383 e. The Kier molecular flexibility index (Phi) is 4.66. The zero-order valence-corrected chi connectivity index (χ0v) is 11.4. The maximum absolute atomic E-state index is 5.08. The molecular weight excluding hydrogens is 246 g/mol. The number of aromatic nitrogens is 2. The third-order valence-electron chi connectivity index (χ3n) is 2.58. The summed E-state index contributed by atoms with van der Waals surface area (Å²) in [6, 6.07) is 8.28. The van der Waals surface area contributed by atoms with Gasteiger partial charge in [-0.3, -0.25) is 0 Å². The second-order valence-electron chi connectivity index (χ2n) is 3.79. The fraction of sp³-hybridized carbons (Fsp3) is 0.308. The highest BCUT2D eigenvalue weighted by molar-refractivity contribution is 7.98. The Morgan fingerprint density at radius 2 is 2.33 bits per heavy atom. The molecule has 0 spiro atoms. The van der Waals surface area contributed by atoms with E-state index in [4.69, 9.17) is 4.74 Å². The zero-order chi connectivity index (χ0) is 12.8. The highest BCUT2D eigenvalue weighted by Gasteiger charge is 2.03. The van der Waals surface area contributed by atoms with E-state index in [-0.39, 0.29) is 0 Å². The molecular formula is C13H17N3OS. The lowest BCUT2D eigenvalue weighted by molar-refractivity contribution is 0.188. The number of rotatable bonds is 6. The van der Waals surface area contributed by atoms with Crippen LogP contribution in [-0.4, -0.2) is 29.5 Å². The number of hydrogen-bond donors (Lipinski definition) is 1. The van der Waals surface area contributed by atoms with Crippen molar-refractivity contribution < 1.29 is 4.74 Å². The van der Waals surface area contributed by atoms with Gasteiger partial charge in [0.25, 0.3) is 0 Å². The molecule has 1 N–H and O–H groups in total. The highest BCUT2D eigenvalue weighted by atomic mass is 32.2. The smallest absolute Gasteiger partial charge is 0.207 e. The molecule has 0 amide bonds. The molecule has 0 bridgehead atoms. The van der Waals surface area contributed by atoms with Gasteiger partial charge in [0.1, 0.15) is 0 Å². The summed E-state index contributed by atoms with van der Waals surface area (Å²) in [6.07, 6.45) is 5.80. The van der Waals surface area contributed by atoms with Crippen LogP contribution >= 0.6 is 11.8 Å². The molecule has 0 atom stereocenters. The Morgan fingerprint density at radius 3 is 3.11 bits per heavy atom. The van der Waals surface area contributed by atoms with Crippen LogP contribution < -0.4 is 5.32 Å². The van der Waals surface area contributed by atoms with Crippen molar-refractivity contribution in [1.82, 2.24) is 9.55 Å². The lowest BCUT2D eigenvalue weighted by Crippen LogP contribution is -2.07. The van der Waals surface area contributed by atoms with E-state index >= 15 is 0 Å². The number of imidazole rings is 1. The van der Waals surface area contributed by atoms with Gasteiger partial charge < -0.3 is 14.6 Å². The van der Waals surface area contributed by atoms with Gasteiger partial charge in [0.15, 0.2) is 0 Å².